The third-order valence-electron chi connectivity index (χ3n) is 2.41. The zero-order valence-electron chi connectivity index (χ0n) is 9.79. The van der Waals surface area contributed by atoms with Crippen LogP contribution in [0, 0.1) is 5.92 Å². The summed E-state index contributed by atoms with van der Waals surface area (Å²) in [4.78, 5) is 8.51. The lowest BCUT2D eigenvalue weighted by molar-refractivity contribution is 0.0197. The van der Waals surface area contributed by atoms with Crippen molar-refractivity contribution in [3.05, 3.63) is 36.0 Å². The van der Waals surface area contributed by atoms with Crippen molar-refractivity contribution in [2.24, 2.45) is 5.92 Å². The minimum absolute atomic E-state index is 0.555. The fourth-order valence-corrected chi connectivity index (χ4v) is 1.57. The molecule has 0 amide bonds. The van der Waals surface area contributed by atoms with Crippen LogP contribution >= 0.6 is 0 Å². The number of aromatic amines is 1. The molecule has 0 aliphatic rings. The summed E-state index contributed by atoms with van der Waals surface area (Å²) in [5, 5.41) is 1.24. The molecule has 0 saturated carbocycles. The van der Waals surface area contributed by atoms with E-state index in [-0.39, 0.29) is 0 Å². The molecule has 3 heteroatoms. The van der Waals surface area contributed by atoms with Crippen LogP contribution in [0.3, 0.4) is 0 Å². The second-order valence-corrected chi connectivity index (χ2v) is 4.43. The van der Waals surface area contributed by atoms with Gasteiger partial charge in [-0.2, -0.15) is 5.48 Å². The molecule has 0 atom stereocenters. The van der Waals surface area contributed by atoms with Gasteiger partial charge in [-0.25, -0.2) is 0 Å². The van der Waals surface area contributed by atoms with E-state index in [9.17, 15) is 0 Å². The second kappa shape index (κ2) is 5.14. The summed E-state index contributed by atoms with van der Waals surface area (Å²) in [7, 11) is 0. The van der Waals surface area contributed by atoms with E-state index >= 15 is 0 Å². The summed E-state index contributed by atoms with van der Waals surface area (Å²) >= 11 is 0. The molecule has 0 spiro atoms. The van der Waals surface area contributed by atoms with E-state index in [1.54, 1.807) is 0 Å². The molecule has 16 heavy (non-hydrogen) atoms. The van der Waals surface area contributed by atoms with Crippen LogP contribution < -0.4 is 5.48 Å². The summed E-state index contributed by atoms with van der Waals surface area (Å²) < 4.78 is 0. The largest absolute Gasteiger partial charge is 0.361 e. The Morgan fingerprint density at radius 3 is 3.00 bits per heavy atom. The van der Waals surface area contributed by atoms with Crippen LogP contribution in [-0.4, -0.2) is 11.6 Å². The van der Waals surface area contributed by atoms with E-state index in [2.05, 4.69) is 48.6 Å². The van der Waals surface area contributed by atoms with Gasteiger partial charge in [-0.1, -0.05) is 19.9 Å². The highest BCUT2D eigenvalue weighted by atomic mass is 16.6. The van der Waals surface area contributed by atoms with Crippen LogP contribution in [0.5, 0.6) is 0 Å². The molecule has 0 aliphatic heterocycles. The highest BCUT2D eigenvalue weighted by molar-refractivity contribution is 5.79. The SMILES string of the molecule is CC(C)CONCc1ccc2[nH]ccc2c1. The van der Waals surface area contributed by atoms with Gasteiger partial charge in [0.05, 0.1) is 6.61 Å². The van der Waals surface area contributed by atoms with Gasteiger partial charge >= 0.3 is 0 Å². The van der Waals surface area contributed by atoms with Gasteiger partial charge < -0.3 is 9.82 Å². The summed E-state index contributed by atoms with van der Waals surface area (Å²) in [5.74, 6) is 0.555. The van der Waals surface area contributed by atoms with Crippen molar-refractivity contribution in [3.63, 3.8) is 0 Å². The number of hydroxylamine groups is 1. The fourth-order valence-electron chi connectivity index (χ4n) is 1.57. The van der Waals surface area contributed by atoms with Crippen molar-refractivity contribution in [2.75, 3.05) is 6.61 Å². The summed E-state index contributed by atoms with van der Waals surface area (Å²) in [5.41, 5.74) is 5.38. The number of hydrogen-bond donors (Lipinski definition) is 2. The Balaban J connectivity index is 1.89. The van der Waals surface area contributed by atoms with Gasteiger partial charge in [-0.3, -0.25) is 0 Å². The molecule has 0 radical (unpaired) electrons. The van der Waals surface area contributed by atoms with Gasteiger partial charge in [0, 0.05) is 18.3 Å². The summed E-state index contributed by atoms with van der Waals surface area (Å²) in [6.07, 6.45) is 1.96. The maximum absolute atomic E-state index is 5.33. The predicted octanol–water partition coefficient (Wildman–Crippen LogP) is 2.85. The smallest absolute Gasteiger partial charge is 0.0705 e. The molecule has 0 aliphatic carbocycles. The Hall–Kier alpha value is -1.32. The molecule has 1 aromatic carbocycles. The highest BCUT2D eigenvalue weighted by Gasteiger charge is 1.98. The van der Waals surface area contributed by atoms with E-state index in [1.807, 2.05) is 6.20 Å². The molecular formula is C13H18N2O. The molecular weight excluding hydrogens is 200 g/mol. The van der Waals surface area contributed by atoms with Crippen LogP contribution in [0.15, 0.2) is 30.5 Å². The number of fused-ring (bicyclic) bond motifs is 1. The molecule has 2 rings (SSSR count). The Morgan fingerprint density at radius 2 is 2.19 bits per heavy atom. The topological polar surface area (TPSA) is 37.0 Å². The average Bonchev–Trinajstić information content (AvgIpc) is 2.71. The minimum atomic E-state index is 0.555. The van der Waals surface area contributed by atoms with E-state index < -0.39 is 0 Å². The number of aromatic nitrogens is 1. The molecule has 3 nitrogen and oxygen atoms in total. The van der Waals surface area contributed by atoms with Crippen molar-refractivity contribution in [1.82, 2.24) is 10.5 Å². The number of benzene rings is 1. The third kappa shape index (κ3) is 2.84. The lowest BCUT2D eigenvalue weighted by Gasteiger charge is -2.07. The van der Waals surface area contributed by atoms with Gasteiger partial charge in [-0.15, -0.1) is 0 Å². The molecule has 1 heterocycles. The maximum Gasteiger partial charge on any atom is 0.0705 e. The quantitative estimate of drug-likeness (QED) is 0.598. The molecule has 0 fully saturated rings. The normalized spacial score (nSPS) is 11.4. The van der Waals surface area contributed by atoms with Crippen LogP contribution in [0.4, 0.5) is 0 Å². The van der Waals surface area contributed by atoms with E-state index in [0.717, 1.165) is 13.2 Å². The van der Waals surface area contributed by atoms with Crippen molar-refractivity contribution in [2.45, 2.75) is 20.4 Å². The Kier molecular flexibility index (Phi) is 3.59. The van der Waals surface area contributed by atoms with Gasteiger partial charge in [0.1, 0.15) is 0 Å². The van der Waals surface area contributed by atoms with Gasteiger partial charge in [0.2, 0.25) is 0 Å². The lowest BCUT2D eigenvalue weighted by atomic mass is 10.1. The second-order valence-electron chi connectivity index (χ2n) is 4.43. The molecule has 1 aromatic heterocycles. The Labute approximate surface area is 95.8 Å². The van der Waals surface area contributed by atoms with E-state index in [0.29, 0.717) is 5.92 Å². The van der Waals surface area contributed by atoms with E-state index in [1.165, 1.54) is 16.5 Å². The zero-order chi connectivity index (χ0) is 11.4. The first-order chi connectivity index (χ1) is 7.75. The number of nitrogens with one attached hydrogen (secondary N) is 2. The Morgan fingerprint density at radius 1 is 1.31 bits per heavy atom. The summed E-state index contributed by atoms with van der Waals surface area (Å²) in [6.45, 7) is 5.75. The lowest BCUT2D eigenvalue weighted by Crippen LogP contribution is -2.17. The fraction of sp³-hybridized carbons (Fsp3) is 0.385. The standard InChI is InChI=1S/C13H18N2O/c1-10(2)9-16-15-8-11-3-4-13-12(7-11)5-6-14-13/h3-7,10,14-15H,8-9H2,1-2H3. The first kappa shape index (κ1) is 11.2. The first-order valence-corrected chi connectivity index (χ1v) is 5.66. The maximum atomic E-state index is 5.33. The number of H-pyrrole nitrogens is 1. The van der Waals surface area contributed by atoms with Crippen molar-refractivity contribution < 1.29 is 4.84 Å². The van der Waals surface area contributed by atoms with Gasteiger partial charge in [0.25, 0.3) is 0 Å². The number of rotatable bonds is 5. The molecule has 86 valence electrons. The molecule has 0 saturated heterocycles. The summed E-state index contributed by atoms with van der Waals surface area (Å²) in [6, 6.07) is 8.44. The zero-order valence-corrected chi connectivity index (χ0v) is 9.79. The van der Waals surface area contributed by atoms with Crippen molar-refractivity contribution >= 4 is 10.9 Å². The molecule has 2 N–H and O–H groups in total. The Bertz CT molecular complexity index is 448. The van der Waals surface area contributed by atoms with E-state index in [4.69, 9.17) is 4.84 Å². The first-order valence-electron chi connectivity index (χ1n) is 5.66. The van der Waals surface area contributed by atoms with Gasteiger partial charge in [0.15, 0.2) is 0 Å². The minimum Gasteiger partial charge on any atom is -0.361 e. The third-order valence-corrected chi connectivity index (χ3v) is 2.41. The van der Waals surface area contributed by atoms with Crippen LogP contribution in [0.25, 0.3) is 10.9 Å². The molecule has 0 bridgehead atoms. The van der Waals surface area contributed by atoms with Crippen LogP contribution in [-0.2, 0) is 11.4 Å². The van der Waals surface area contributed by atoms with Gasteiger partial charge in [-0.05, 0) is 35.1 Å². The molecule has 0 unspecified atom stereocenters. The average molecular weight is 218 g/mol. The molecule has 2 aromatic rings. The number of hydrogen-bond acceptors (Lipinski definition) is 2. The van der Waals surface area contributed by atoms with Crippen molar-refractivity contribution in [1.29, 1.82) is 0 Å². The predicted molar refractivity (Wildman–Crippen MR) is 65.9 cm³/mol. The van der Waals surface area contributed by atoms with Crippen LogP contribution in [0.2, 0.25) is 0 Å². The monoisotopic (exact) mass is 218 g/mol. The van der Waals surface area contributed by atoms with Crippen LogP contribution in [0.1, 0.15) is 19.4 Å². The highest BCUT2D eigenvalue weighted by Crippen LogP contribution is 2.13. The van der Waals surface area contributed by atoms with Crippen molar-refractivity contribution in [3.8, 4) is 0 Å².